The lowest BCUT2D eigenvalue weighted by molar-refractivity contribution is -0.139. The molecule has 0 aromatic rings. The number of hydrogen-bond acceptors (Lipinski definition) is 2. The van der Waals surface area contributed by atoms with Gasteiger partial charge in [0.1, 0.15) is 12.5 Å². The SMILES string of the molecule is CC(C)=CCC/C(C)=C\COC(=O)CCl. The smallest absolute Gasteiger partial charge is 0.321 e. The van der Waals surface area contributed by atoms with E-state index in [1.165, 1.54) is 11.1 Å². The van der Waals surface area contributed by atoms with Crippen molar-refractivity contribution in [3.8, 4) is 0 Å². The first-order valence-corrected chi connectivity index (χ1v) is 5.60. The van der Waals surface area contributed by atoms with Crippen molar-refractivity contribution in [1.82, 2.24) is 0 Å². The van der Waals surface area contributed by atoms with Crippen molar-refractivity contribution in [2.45, 2.75) is 33.6 Å². The van der Waals surface area contributed by atoms with Crippen LogP contribution in [0.3, 0.4) is 0 Å². The number of rotatable bonds is 6. The molecule has 86 valence electrons. The average Bonchev–Trinajstić information content (AvgIpc) is 2.17. The van der Waals surface area contributed by atoms with E-state index in [2.05, 4.69) is 19.9 Å². The van der Waals surface area contributed by atoms with E-state index >= 15 is 0 Å². The Kier molecular flexibility index (Phi) is 8.11. The molecular formula is C12H19ClO2. The summed E-state index contributed by atoms with van der Waals surface area (Å²) in [5, 5.41) is 0. The molecule has 0 saturated heterocycles. The van der Waals surface area contributed by atoms with Gasteiger partial charge >= 0.3 is 5.97 Å². The van der Waals surface area contributed by atoms with Gasteiger partial charge in [0.2, 0.25) is 0 Å². The number of carbonyl (C=O) groups excluding carboxylic acids is 1. The van der Waals surface area contributed by atoms with Crippen LogP contribution < -0.4 is 0 Å². The molecule has 0 fully saturated rings. The van der Waals surface area contributed by atoms with Crippen LogP contribution in [0.2, 0.25) is 0 Å². The summed E-state index contributed by atoms with van der Waals surface area (Å²) in [5.41, 5.74) is 2.56. The largest absolute Gasteiger partial charge is 0.461 e. The van der Waals surface area contributed by atoms with Crippen LogP contribution in [-0.4, -0.2) is 18.5 Å². The maximum Gasteiger partial charge on any atom is 0.321 e. The zero-order valence-corrected chi connectivity index (χ0v) is 10.4. The van der Waals surface area contributed by atoms with E-state index in [-0.39, 0.29) is 11.8 Å². The van der Waals surface area contributed by atoms with Gasteiger partial charge in [-0.1, -0.05) is 17.2 Å². The normalized spacial score (nSPS) is 11.1. The highest BCUT2D eigenvalue weighted by Crippen LogP contribution is 2.06. The Hall–Kier alpha value is -0.760. The van der Waals surface area contributed by atoms with Crippen molar-refractivity contribution in [3.05, 3.63) is 23.3 Å². The summed E-state index contributed by atoms with van der Waals surface area (Å²) in [5.74, 6) is -0.449. The predicted octanol–water partition coefficient (Wildman–Crippen LogP) is 3.46. The summed E-state index contributed by atoms with van der Waals surface area (Å²) in [6.45, 7) is 6.53. The molecule has 0 bridgehead atoms. The maximum absolute atomic E-state index is 10.7. The third-order valence-corrected chi connectivity index (χ3v) is 2.09. The maximum atomic E-state index is 10.7. The fourth-order valence-corrected chi connectivity index (χ4v) is 1.08. The van der Waals surface area contributed by atoms with E-state index in [1.807, 2.05) is 13.0 Å². The van der Waals surface area contributed by atoms with Crippen molar-refractivity contribution < 1.29 is 9.53 Å². The number of alkyl halides is 1. The van der Waals surface area contributed by atoms with Gasteiger partial charge in [0.05, 0.1) is 0 Å². The van der Waals surface area contributed by atoms with Gasteiger partial charge in [-0.15, -0.1) is 11.6 Å². The first kappa shape index (κ1) is 14.2. The summed E-state index contributed by atoms with van der Waals surface area (Å²) < 4.78 is 4.83. The molecule has 0 aliphatic rings. The van der Waals surface area contributed by atoms with Crippen molar-refractivity contribution in [2.24, 2.45) is 0 Å². The molecule has 0 saturated carbocycles. The van der Waals surface area contributed by atoms with Crippen molar-refractivity contribution >= 4 is 17.6 Å². The molecule has 0 atom stereocenters. The third kappa shape index (κ3) is 9.54. The molecular weight excluding hydrogens is 212 g/mol. The molecule has 15 heavy (non-hydrogen) atoms. The fraction of sp³-hybridized carbons (Fsp3) is 0.583. The molecule has 2 nitrogen and oxygen atoms in total. The second-order valence-corrected chi connectivity index (χ2v) is 3.95. The Morgan fingerprint density at radius 3 is 2.47 bits per heavy atom. The zero-order chi connectivity index (χ0) is 11.7. The number of halogens is 1. The lowest BCUT2D eigenvalue weighted by Crippen LogP contribution is -2.05. The molecule has 0 radical (unpaired) electrons. The Morgan fingerprint density at radius 2 is 1.93 bits per heavy atom. The van der Waals surface area contributed by atoms with Crippen LogP contribution in [0.4, 0.5) is 0 Å². The van der Waals surface area contributed by atoms with Gasteiger partial charge in [0.15, 0.2) is 0 Å². The van der Waals surface area contributed by atoms with Gasteiger partial charge in [0, 0.05) is 0 Å². The van der Waals surface area contributed by atoms with Crippen molar-refractivity contribution in [2.75, 3.05) is 12.5 Å². The summed E-state index contributed by atoms with van der Waals surface area (Å²) in [7, 11) is 0. The molecule has 0 amide bonds. The summed E-state index contributed by atoms with van der Waals surface area (Å²) in [6, 6.07) is 0. The quantitative estimate of drug-likeness (QED) is 0.397. The standard InChI is InChI=1S/C12H19ClO2/c1-10(2)5-4-6-11(3)7-8-15-12(14)9-13/h5,7H,4,6,8-9H2,1-3H3/b11-7-. The molecule has 0 aliphatic carbocycles. The fourth-order valence-electron chi connectivity index (χ4n) is 1.01. The summed E-state index contributed by atoms with van der Waals surface area (Å²) in [4.78, 5) is 10.7. The third-order valence-electron chi connectivity index (χ3n) is 1.88. The average molecular weight is 231 g/mol. The molecule has 0 N–H and O–H groups in total. The Labute approximate surface area is 97.0 Å². The van der Waals surface area contributed by atoms with Gasteiger partial charge in [-0.3, -0.25) is 4.79 Å². The molecule has 3 heteroatoms. The Bertz CT molecular complexity index is 250. The van der Waals surface area contributed by atoms with Crippen LogP contribution >= 0.6 is 11.6 Å². The van der Waals surface area contributed by atoms with E-state index < -0.39 is 0 Å². The monoisotopic (exact) mass is 230 g/mol. The van der Waals surface area contributed by atoms with Crippen LogP contribution in [0, 0.1) is 0 Å². The molecule has 0 aromatic carbocycles. The van der Waals surface area contributed by atoms with E-state index in [0.29, 0.717) is 6.61 Å². The highest BCUT2D eigenvalue weighted by atomic mass is 35.5. The minimum Gasteiger partial charge on any atom is -0.461 e. The highest BCUT2D eigenvalue weighted by Gasteiger charge is 1.96. The molecule has 0 aromatic heterocycles. The second kappa shape index (κ2) is 8.54. The summed E-state index contributed by atoms with van der Waals surface area (Å²) in [6.07, 6.45) is 6.16. The topological polar surface area (TPSA) is 26.3 Å². The van der Waals surface area contributed by atoms with E-state index in [0.717, 1.165) is 12.8 Å². The van der Waals surface area contributed by atoms with Gasteiger partial charge in [-0.05, 0) is 39.7 Å². The van der Waals surface area contributed by atoms with Crippen LogP contribution in [0.1, 0.15) is 33.6 Å². The van der Waals surface area contributed by atoms with Gasteiger partial charge in [-0.25, -0.2) is 0 Å². The highest BCUT2D eigenvalue weighted by molar-refractivity contribution is 6.26. The first-order valence-electron chi connectivity index (χ1n) is 5.07. The van der Waals surface area contributed by atoms with Gasteiger partial charge < -0.3 is 4.74 Å². The van der Waals surface area contributed by atoms with Crippen molar-refractivity contribution in [1.29, 1.82) is 0 Å². The lowest BCUT2D eigenvalue weighted by atomic mass is 10.1. The van der Waals surface area contributed by atoms with Crippen LogP contribution in [0.15, 0.2) is 23.3 Å². The number of ether oxygens (including phenoxy) is 1. The first-order chi connectivity index (χ1) is 7.06. The van der Waals surface area contributed by atoms with Crippen LogP contribution in [0.25, 0.3) is 0 Å². The Balaban J connectivity index is 3.70. The predicted molar refractivity (Wildman–Crippen MR) is 64.1 cm³/mol. The zero-order valence-electron chi connectivity index (χ0n) is 9.68. The minimum absolute atomic E-state index is 0.0787. The Morgan fingerprint density at radius 1 is 1.27 bits per heavy atom. The van der Waals surface area contributed by atoms with E-state index in [1.54, 1.807) is 0 Å². The van der Waals surface area contributed by atoms with E-state index in [9.17, 15) is 4.79 Å². The number of esters is 1. The van der Waals surface area contributed by atoms with Crippen LogP contribution in [-0.2, 0) is 9.53 Å². The van der Waals surface area contributed by atoms with Gasteiger partial charge in [0.25, 0.3) is 0 Å². The second-order valence-electron chi connectivity index (χ2n) is 3.69. The lowest BCUT2D eigenvalue weighted by Gasteiger charge is -2.00. The molecule has 0 unspecified atom stereocenters. The molecule has 0 heterocycles. The number of carbonyl (C=O) groups is 1. The minimum atomic E-state index is -0.370. The molecule has 0 spiro atoms. The number of hydrogen-bond donors (Lipinski definition) is 0. The molecule has 0 rings (SSSR count). The van der Waals surface area contributed by atoms with Crippen LogP contribution in [0.5, 0.6) is 0 Å². The van der Waals surface area contributed by atoms with E-state index in [4.69, 9.17) is 16.3 Å². The summed E-state index contributed by atoms with van der Waals surface area (Å²) >= 11 is 5.28. The van der Waals surface area contributed by atoms with Crippen molar-refractivity contribution in [3.63, 3.8) is 0 Å². The number of allylic oxidation sites excluding steroid dienone is 3. The van der Waals surface area contributed by atoms with Gasteiger partial charge in [-0.2, -0.15) is 0 Å². The molecule has 0 aliphatic heterocycles.